The van der Waals surface area contributed by atoms with Gasteiger partial charge in [0.05, 0.1) is 18.8 Å². The van der Waals surface area contributed by atoms with Crippen LogP contribution in [0.2, 0.25) is 0 Å². The molecule has 34 heavy (non-hydrogen) atoms. The minimum Gasteiger partial charge on any atom is -0.412 e. The molecule has 0 aromatic carbocycles. The lowest BCUT2D eigenvalue weighted by molar-refractivity contribution is -0.598. The molecule has 0 bridgehead atoms. The summed E-state index contributed by atoms with van der Waals surface area (Å²) in [5.74, 6) is 0.673. The predicted molar refractivity (Wildman–Crippen MR) is 134 cm³/mol. The zero-order chi connectivity index (χ0) is 23.3. The van der Waals surface area contributed by atoms with Gasteiger partial charge >= 0.3 is 12.0 Å². The molecule has 8 nitrogen and oxygen atoms in total. The zero-order valence-corrected chi connectivity index (χ0v) is 20.5. The van der Waals surface area contributed by atoms with Gasteiger partial charge in [-0.2, -0.15) is 10.3 Å². The van der Waals surface area contributed by atoms with Gasteiger partial charge in [0.25, 0.3) is 0 Å². The van der Waals surface area contributed by atoms with Crippen LogP contribution in [-0.2, 0) is 11.2 Å². The first-order valence-corrected chi connectivity index (χ1v) is 13.1. The number of fused-ring (bicyclic) bond motifs is 2. The first-order chi connectivity index (χ1) is 16.5. The normalized spacial score (nSPS) is 24.6. The Kier molecular flexibility index (Phi) is 5.32. The first kappa shape index (κ1) is 21.6. The molecule has 4 aliphatic rings. The van der Waals surface area contributed by atoms with Crippen LogP contribution in [0.3, 0.4) is 0 Å². The van der Waals surface area contributed by atoms with E-state index in [0.29, 0.717) is 11.1 Å². The van der Waals surface area contributed by atoms with Crippen molar-refractivity contribution in [1.82, 2.24) is 15.3 Å². The fourth-order valence-corrected chi connectivity index (χ4v) is 7.03. The van der Waals surface area contributed by atoms with Gasteiger partial charge in [0, 0.05) is 4.88 Å². The van der Waals surface area contributed by atoms with Crippen LogP contribution in [0.5, 0.6) is 0 Å². The number of rotatable bonds is 3. The van der Waals surface area contributed by atoms with E-state index < -0.39 is 0 Å². The van der Waals surface area contributed by atoms with Crippen molar-refractivity contribution in [2.45, 2.75) is 69.9 Å². The molecule has 2 unspecified atom stereocenters. The Morgan fingerprint density at radius 2 is 2.06 bits per heavy atom. The van der Waals surface area contributed by atoms with Crippen molar-refractivity contribution >= 4 is 52.6 Å². The van der Waals surface area contributed by atoms with E-state index in [1.807, 2.05) is 0 Å². The lowest BCUT2D eigenvalue weighted by atomic mass is 9.75. The quantitative estimate of drug-likeness (QED) is 0.586. The van der Waals surface area contributed by atoms with Crippen molar-refractivity contribution in [1.29, 1.82) is 0 Å². The van der Waals surface area contributed by atoms with Crippen LogP contribution in [0.1, 0.15) is 62.4 Å². The Hall–Kier alpha value is -2.94. The highest BCUT2D eigenvalue weighted by molar-refractivity contribution is 7.16. The number of amides is 1. The average Bonchev–Trinajstić information content (AvgIpc) is 3.55. The van der Waals surface area contributed by atoms with Gasteiger partial charge in [-0.25, -0.2) is 4.98 Å². The molecule has 1 saturated carbocycles. The predicted octanol–water partition coefficient (Wildman–Crippen LogP) is 2.41. The number of hydrogen-bond donors (Lipinski definition) is 3. The molecule has 178 valence electrons. The highest BCUT2D eigenvalue weighted by Crippen LogP contribution is 2.42. The molecule has 1 fully saturated rings. The number of oxazole rings is 1. The molecule has 1 amide bonds. The first-order valence-electron chi connectivity index (χ1n) is 12.3. The monoisotopic (exact) mass is 479 g/mol. The summed E-state index contributed by atoms with van der Waals surface area (Å²) in [4.78, 5) is 24.2. The summed E-state index contributed by atoms with van der Waals surface area (Å²) in [6.07, 6.45) is 16.6. The second kappa shape index (κ2) is 8.37. The lowest BCUT2D eigenvalue weighted by Crippen LogP contribution is -2.66. The molecule has 0 saturated heterocycles. The smallest absolute Gasteiger partial charge is 0.365 e. The number of hydrogen-bond acceptors (Lipinski definition) is 7. The van der Waals surface area contributed by atoms with E-state index in [-0.39, 0.29) is 23.4 Å². The maximum atomic E-state index is 13.7. The molecule has 3 aliphatic carbocycles. The number of anilines is 2. The largest absolute Gasteiger partial charge is 0.412 e. The Balaban J connectivity index is 1.30. The molecule has 0 radical (unpaired) electrons. The molecule has 3 heterocycles. The second-order valence-electron chi connectivity index (χ2n) is 9.77. The van der Waals surface area contributed by atoms with Crippen LogP contribution in [0, 0.1) is 5.92 Å². The molecular formula is C25H31N6O2S+. The number of thiazole rings is 1. The molecular weight excluding hydrogens is 448 g/mol. The molecule has 6 rings (SSSR count). The molecule has 9 heteroatoms. The third-order valence-electron chi connectivity index (χ3n) is 7.71. The number of carbonyl (C=O) groups excluding carboxylic acids is 1. The van der Waals surface area contributed by atoms with Gasteiger partial charge in [-0.05, 0) is 70.4 Å². The van der Waals surface area contributed by atoms with Gasteiger partial charge in [-0.1, -0.05) is 12.2 Å². The summed E-state index contributed by atoms with van der Waals surface area (Å²) in [5.41, 5.74) is 1.56. The van der Waals surface area contributed by atoms with Gasteiger partial charge in [0.2, 0.25) is 5.91 Å². The van der Waals surface area contributed by atoms with Gasteiger partial charge in [-0.15, -0.1) is 11.3 Å². The fourth-order valence-electron chi connectivity index (χ4n) is 6.06. The van der Waals surface area contributed by atoms with E-state index in [4.69, 9.17) is 4.42 Å². The maximum absolute atomic E-state index is 13.7. The highest BCUT2D eigenvalue weighted by Gasteiger charge is 2.56. The highest BCUT2D eigenvalue weighted by atomic mass is 32.1. The van der Waals surface area contributed by atoms with E-state index in [1.54, 1.807) is 11.3 Å². The fraction of sp³-hybridized carbons (Fsp3) is 0.520. The van der Waals surface area contributed by atoms with Crippen molar-refractivity contribution < 1.29 is 13.8 Å². The minimum absolute atomic E-state index is 0.0404. The van der Waals surface area contributed by atoms with E-state index in [2.05, 4.69) is 68.8 Å². The SMILES string of the molecule is CC1NC(Nc2nc3c(o2)=CCCC=3)=[N+](C)C2(CCCC2)C1C(=O)Nc1nc2c(s1)CCC=C2. The summed E-state index contributed by atoms with van der Waals surface area (Å²) < 4.78 is 8.17. The van der Waals surface area contributed by atoms with Gasteiger partial charge < -0.3 is 9.73 Å². The molecule has 1 aliphatic heterocycles. The van der Waals surface area contributed by atoms with Crippen molar-refractivity contribution in [2.24, 2.45) is 5.92 Å². The third-order valence-corrected chi connectivity index (χ3v) is 8.76. The number of nitrogens with one attached hydrogen (secondary N) is 3. The minimum atomic E-state index is -0.266. The Morgan fingerprint density at radius 1 is 1.24 bits per heavy atom. The van der Waals surface area contributed by atoms with Crippen LogP contribution >= 0.6 is 11.3 Å². The number of allylic oxidation sites excluding steroid dienone is 1. The van der Waals surface area contributed by atoms with E-state index in [1.165, 1.54) is 4.88 Å². The summed E-state index contributed by atoms with van der Waals surface area (Å²) in [6, 6.07) is 0.424. The molecule has 2 aromatic rings. The van der Waals surface area contributed by atoms with E-state index in [9.17, 15) is 4.79 Å². The number of nitrogens with zero attached hydrogens (tertiary/aromatic N) is 3. The molecule has 2 aromatic heterocycles. The summed E-state index contributed by atoms with van der Waals surface area (Å²) in [5, 5.41) is 11.7. The Bertz CT molecular complexity index is 1280. The lowest BCUT2D eigenvalue weighted by Gasteiger charge is -2.43. The van der Waals surface area contributed by atoms with E-state index >= 15 is 0 Å². The molecule has 3 N–H and O–H groups in total. The summed E-state index contributed by atoms with van der Waals surface area (Å²) in [7, 11) is 2.07. The number of guanidine groups is 1. The van der Waals surface area contributed by atoms with Crippen molar-refractivity contribution in [2.75, 3.05) is 17.7 Å². The van der Waals surface area contributed by atoms with Crippen molar-refractivity contribution in [3.63, 3.8) is 0 Å². The molecule has 2 atom stereocenters. The summed E-state index contributed by atoms with van der Waals surface area (Å²) >= 11 is 1.60. The zero-order valence-electron chi connectivity index (χ0n) is 19.7. The maximum Gasteiger partial charge on any atom is 0.365 e. The topological polar surface area (TPSA) is 95.1 Å². The summed E-state index contributed by atoms with van der Waals surface area (Å²) in [6.45, 7) is 2.09. The Labute approximate surface area is 202 Å². The van der Waals surface area contributed by atoms with E-state index in [0.717, 1.165) is 73.8 Å². The van der Waals surface area contributed by atoms with Crippen LogP contribution < -0.4 is 26.7 Å². The van der Waals surface area contributed by atoms with Crippen molar-refractivity contribution in [3.8, 4) is 0 Å². The Morgan fingerprint density at radius 3 is 2.85 bits per heavy atom. The van der Waals surface area contributed by atoms with Crippen molar-refractivity contribution in [3.05, 3.63) is 27.4 Å². The van der Waals surface area contributed by atoms with Gasteiger partial charge in [-0.3, -0.25) is 14.7 Å². The van der Waals surface area contributed by atoms with Crippen LogP contribution in [0.15, 0.2) is 10.5 Å². The number of carbonyl (C=O) groups is 1. The number of aryl methyl sites for hydroxylation is 1. The average molecular weight is 480 g/mol. The van der Waals surface area contributed by atoms with Crippen LogP contribution in [-0.4, -0.2) is 45.0 Å². The number of aromatic nitrogens is 2. The van der Waals surface area contributed by atoms with Gasteiger partial charge in [0.15, 0.2) is 10.5 Å². The standard InChI is InChI=1S/C25H30N6O2S/c1-15-20(21(32)29-24-28-17-10-4-6-12-19(17)34-24)25(13-7-8-14-25)31(2)22(26-15)30-23-27-16-9-3-5-11-18(16)33-23/h4,9-11,15,20H,3,5-8,12-14H2,1-2H3,(H2,26,27,28,29,30,32)/p+1. The molecule has 1 spiro atoms. The van der Waals surface area contributed by atoms with Crippen LogP contribution in [0.25, 0.3) is 18.2 Å². The van der Waals surface area contributed by atoms with Gasteiger partial charge in [0.1, 0.15) is 16.8 Å². The second-order valence-corrected chi connectivity index (χ2v) is 10.8. The van der Waals surface area contributed by atoms with Crippen LogP contribution in [0.4, 0.5) is 11.1 Å². The third kappa shape index (κ3) is 3.57.